The van der Waals surface area contributed by atoms with E-state index >= 15 is 0 Å². The molecular formula is C14H11FN2O. The molecule has 0 aliphatic carbocycles. The molecule has 0 aliphatic heterocycles. The van der Waals surface area contributed by atoms with Crippen LogP contribution in [0.3, 0.4) is 0 Å². The Labute approximate surface area is 104 Å². The molecule has 18 heavy (non-hydrogen) atoms. The Balaban J connectivity index is 2.40. The van der Waals surface area contributed by atoms with E-state index < -0.39 is 5.82 Å². The summed E-state index contributed by atoms with van der Waals surface area (Å²) in [6.07, 6.45) is 0. The minimum atomic E-state index is -0.542. The van der Waals surface area contributed by atoms with Gasteiger partial charge in [0.15, 0.2) is 0 Å². The van der Waals surface area contributed by atoms with Crippen LogP contribution in [0, 0.1) is 24.1 Å². The first-order valence-electron chi connectivity index (χ1n) is 5.34. The van der Waals surface area contributed by atoms with Crippen molar-refractivity contribution < 1.29 is 9.13 Å². The monoisotopic (exact) mass is 242 g/mol. The zero-order valence-corrected chi connectivity index (χ0v) is 9.77. The van der Waals surface area contributed by atoms with Crippen LogP contribution >= 0.6 is 0 Å². The van der Waals surface area contributed by atoms with E-state index in [1.807, 2.05) is 19.1 Å². The number of nitrogens with two attached hydrogens (primary N) is 1. The van der Waals surface area contributed by atoms with E-state index in [-0.39, 0.29) is 5.69 Å². The molecule has 0 heterocycles. The van der Waals surface area contributed by atoms with Crippen molar-refractivity contribution in [3.05, 3.63) is 53.3 Å². The number of nitrogens with zero attached hydrogens (tertiary/aromatic N) is 1. The highest BCUT2D eigenvalue weighted by atomic mass is 19.1. The molecule has 2 aromatic rings. The van der Waals surface area contributed by atoms with Gasteiger partial charge in [-0.3, -0.25) is 0 Å². The molecule has 2 aromatic carbocycles. The number of nitrogen functional groups attached to an aromatic ring is 1. The highest BCUT2D eigenvalue weighted by Crippen LogP contribution is 2.29. The standard InChI is InChI=1S/C14H11FN2O/c1-9-3-2-4-10(8-16)14(9)18-11-5-6-13(17)12(15)7-11/h2-7H,17H2,1H3. The minimum Gasteiger partial charge on any atom is -0.456 e. The lowest BCUT2D eigenvalue weighted by molar-refractivity contribution is 0.472. The van der Waals surface area contributed by atoms with Crippen molar-refractivity contribution in [2.75, 3.05) is 5.73 Å². The predicted molar refractivity (Wildman–Crippen MR) is 66.8 cm³/mol. The van der Waals surface area contributed by atoms with E-state index in [1.165, 1.54) is 12.1 Å². The lowest BCUT2D eigenvalue weighted by atomic mass is 10.1. The number of halogens is 1. The maximum atomic E-state index is 13.3. The number of hydrogen-bond donors (Lipinski definition) is 1. The molecule has 0 bridgehead atoms. The second kappa shape index (κ2) is 4.76. The molecule has 0 spiro atoms. The van der Waals surface area contributed by atoms with Crippen molar-refractivity contribution in [2.45, 2.75) is 6.92 Å². The summed E-state index contributed by atoms with van der Waals surface area (Å²) < 4.78 is 18.8. The number of benzene rings is 2. The molecule has 0 atom stereocenters. The molecule has 2 N–H and O–H groups in total. The number of rotatable bonds is 2. The largest absolute Gasteiger partial charge is 0.456 e. The molecule has 0 saturated heterocycles. The van der Waals surface area contributed by atoms with Gasteiger partial charge in [0.05, 0.1) is 11.3 Å². The molecule has 0 fully saturated rings. The lowest BCUT2D eigenvalue weighted by Crippen LogP contribution is -1.94. The maximum absolute atomic E-state index is 13.3. The van der Waals surface area contributed by atoms with Gasteiger partial charge in [0.25, 0.3) is 0 Å². The summed E-state index contributed by atoms with van der Waals surface area (Å²) in [6.45, 7) is 1.82. The van der Waals surface area contributed by atoms with Gasteiger partial charge in [-0.1, -0.05) is 12.1 Å². The van der Waals surface area contributed by atoms with Crippen molar-refractivity contribution in [3.63, 3.8) is 0 Å². The van der Waals surface area contributed by atoms with Crippen molar-refractivity contribution in [1.82, 2.24) is 0 Å². The predicted octanol–water partition coefficient (Wildman–Crippen LogP) is 3.38. The third-order valence-corrected chi connectivity index (χ3v) is 2.52. The van der Waals surface area contributed by atoms with Gasteiger partial charge in [-0.25, -0.2) is 4.39 Å². The van der Waals surface area contributed by atoms with Crippen molar-refractivity contribution in [1.29, 1.82) is 5.26 Å². The maximum Gasteiger partial charge on any atom is 0.149 e. The SMILES string of the molecule is Cc1cccc(C#N)c1Oc1ccc(N)c(F)c1. The number of nitriles is 1. The van der Waals surface area contributed by atoms with Crippen molar-refractivity contribution >= 4 is 5.69 Å². The summed E-state index contributed by atoms with van der Waals surface area (Å²) in [5.74, 6) is 0.205. The normalized spacial score (nSPS) is 9.83. The summed E-state index contributed by atoms with van der Waals surface area (Å²) in [5, 5.41) is 9.00. The molecule has 90 valence electrons. The Morgan fingerprint density at radius 3 is 2.72 bits per heavy atom. The van der Waals surface area contributed by atoms with Crippen LogP contribution in [-0.2, 0) is 0 Å². The van der Waals surface area contributed by atoms with Crippen molar-refractivity contribution in [3.8, 4) is 17.6 Å². The van der Waals surface area contributed by atoms with E-state index in [9.17, 15) is 4.39 Å². The van der Waals surface area contributed by atoms with Gasteiger partial charge >= 0.3 is 0 Å². The number of hydrogen-bond acceptors (Lipinski definition) is 3. The first-order valence-corrected chi connectivity index (χ1v) is 5.34. The van der Waals surface area contributed by atoms with Gasteiger partial charge in [0.1, 0.15) is 23.4 Å². The Bertz CT molecular complexity index is 632. The molecule has 0 radical (unpaired) electrons. The van der Waals surface area contributed by atoms with Crippen LogP contribution in [-0.4, -0.2) is 0 Å². The summed E-state index contributed by atoms with van der Waals surface area (Å²) in [4.78, 5) is 0. The third-order valence-electron chi connectivity index (χ3n) is 2.52. The Morgan fingerprint density at radius 1 is 1.28 bits per heavy atom. The van der Waals surface area contributed by atoms with Gasteiger partial charge in [-0.2, -0.15) is 5.26 Å². The third kappa shape index (κ3) is 2.25. The highest BCUT2D eigenvalue weighted by Gasteiger charge is 2.09. The van der Waals surface area contributed by atoms with Gasteiger partial charge in [0, 0.05) is 6.07 Å². The molecule has 0 unspecified atom stereocenters. The molecule has 4 heteroatoms. The quantitative estimate of drug-likeness (QED) is 0.821. The van der Waals surface area contributed by atoms with Crippen LogP contribution in [0.5, 0.6) is 11.5 Å². The Morgan fingerprint density at radius 2 is 2.06 bits per heavy atom. The van der Waals surface area contributed by atoms with Gasteiger partial charge in [-0.15, -0.1) is 0 Å². The minimum absolute atomic E-state index is 0.0626. The molecule has 0 saturated carbocycles. The van der Waals surface area contributed by atoms with Crippen LogP contribution in [0.4, 0.5) is 10.1 Å². The second-order valence-corrected chi connectivity index (χ2v) is 3.85. The number of para-hydroxylation sites is 1. The summed E-state index contributed by atoms with van der Waals surface area (Å²) in [7, 11) is 0. The molecule has 0 amide bonds. The average Bonchev–Trinajstić information content (AvgIpc) is 2.36. The number of anilines is 1. The van der Waals surface area contributed by atoms with Gasteiger partial charge < -0.3 is 10.5 Å². The van der Waals surface area contributed by atoms with Crippen LogP contribution in [0.1, 0.15) is 11.1 Å². The van der Waals surface area contributed by atoms with E-state index in [0.29, 0.717) is 17.1 Å². The summed E-state index contributed by atoms with van der Waals surface area (Å²) in [6, 6.07) is 11.5. The highest BCUT2D eigenvalue weighted by molar-refractivity contribution is 5.51. The zero-order valence-electron chi connectivity index (χ0n) is 9.77. The average molecular weight is 242 g/mol. The molecular weight excluding hydrogens is 231 g/mol. The van der Waals surface area contributed by atoms with Crippen LogP contribution < -0.4 is 10.5 Å². The summed E-state index contributed by atoms with van der Waals surface area (Å²) in [5.41, 5.74) is 6.67. The van der Waals surface area contributed by atoms with E-state index in [2.05, 4.69) is 0 Å². The van der Waals surface area contributed by atoms with Crippen molar-refractivity contribution in [2.24, 2.45) is 0 Å². The number of ether oxygens (including phenoxy) is 1. The van der Waals surface area contributed by atoms with Gasteiger partial charge in [0.2, 0.25) is 0 Å². The topological polar surface area (TPSA) is 59.0 Å². The van der Waals surface area contributed by atoms with Crippen LogP contribution in [0.25, 0.3) is 0 Å². The first kappa shape index (κ1) is 11.9. The van der Waals surface area contributed by atoms with E-state index in [0.717, 1.165) is 5.56 Å². The molecule has 0 aliphatic rings. The molecule has 0 aromatic heterocycles. The number of aryl methyl sites for hydroxylation is 1. The fraction of sp³-hybridized carbons (Fsp3) is 0.0714. The smallest absolute Gasteiger partial charge is 0.149 e. The first-order chi connectivity index (χ1) is 8.61. The zero-order chi connectivity index (χ0) is 13.1. The second-order valence-electron chi connectivity index (χ2n) is 3.85. The van der Waals surface area contributed by atoms with E-state index in [1.54, 1.807) is 18.2 Å². The Kier molecular flexibility index (Phi) is 3.16. The Hall–Kier alpha value is -2.54. The van der Waals surface area contributed by atoms with Gasteiger partial charge in [-0.05, 0) is 30.7 Å². The lowest BCUT2D eigenvalue weighted by Gasteiger charge is -2.10. The molecule has 2 rings (SSSR count). The molecule has 3 nitrogen and oxygen atoms in total. The van der Waals surface area contributed by atoms with E-state index in [4.69, 9.17) is 15.7 Å². The van der Waals surface area contributed by atoms with Crippen LogP contribution in [0.15, 0.2) is 36.4 Å². The van der Waals surface area contributed by atoms with Crippen LogP contribution in [0.2, 0.25) is 0 Å². The fourth-order valence-corrected chi connectivity index (χ4v) is 1.57. The summed E-state index contributed by atoms with van der Waals surface area (Å²) >= 11 is 0. The fourth-order valence-electron chi connectivity index (χ4n) is 1.57.